The lowest BCUT2D eigenvalue weighted by molar-refractivity contribution is 0.120. The summed E-state index contributed by atoms with van der Waals surface area (Å²) in [6, 6.07) is 7.13. The molecule has 0 spiro atoms. The first kappa shape index (κ1) is 17.5. The molecule has 5 nitrogen and oxygen atoms in total. The Morgan fingerprint density at radius 3 is 2.56 bits per heavy atom. The van der Waals surface area contributed by atoms with Crippen molar-refractivity contribution in [2.24, 2.45) is 5.92 Å². The molecule has 25 heavy (non-hydrogen) atoms. The Morgan fingerprint density at radius 1 is 1.24 bits per heavy atom. The number of aryl methyl sites for hydroxylation is 1. The quantitative estimate of drug-likeness (QED) is 0.471. The average molecular weight is 472 g/mol. The van der Waals surface area contributed by atoms with Crippen molar-refractivity contribution in [3.05, 3.63) is 45.3 Å². The molecule has 0 N–H and O–H groups in total. The first-order chi connectivity index (χ1) is 11.9. The molecule has 134 valence electrons. The van der Waals surface area contributed by atoms with Gasteiger partial charge >= 0.3 is 0 Å². The summed E-state index contributed by atoms with van der Waals surface area (Å²) < 4.78 is 33.0. The highest BCUT2D eigenvalue weighted by Gasteiger charge is 2.35. The second-order valence-electron chi connectivity index (χ2n) is 7.16. The standard InChI is InChI=1S/C18H21IN2O3S/c1-12-2-6-16(7-3-12)25(22,23)24-11-13-8-15(9-13)21-10-17(19)18(20-21)14-4-5-14/h2-3,6-7,10,13-15H,4-5,8-9,11H2,1H3/t13-,15-. The molecule has 0 amide bonds. The van der Waals surface area contributed by atoms with Gasteiger partial charge < -0.3 is 0 Å². The summed E-state index contributed by atoms with van der Waals surface area (Å²) in [6.07, 6.45) is 6.48. The van der Waals surface area contributed by atoms with E-state index in [0.717, 1.165) is 18.4 Å². The van der Waals surface area contributed by atoms with Crippen LogP contribution in [0, 0.1) is 16.4 Å². The fourth-order valence-corrected chi connectivity index (χ4v) is 5.03. The Labute approximate surface area is 162 Å². The summed E-state index contributed by atoms with van der Waals surface area (Å²) in [4.78, 5) is 0.227. The van der Waals surface area contributed by atoms with Gasteiger partial charge in [-0.2, -0.15) is 13.5 Å². The molecule has 1 heterocycles. The topological polar surface area (TPSA) is 61.2 Å². The summed E-state index contributed by atoms with van der Waals surface area (Å²) >= 11 is 2.36. The number of aromatic nitrogens is 2. The van der Waals surface area contributed by atoms with Crippen LogP contribution in [0.3, 0.4) is 0 Å². The maximum Gasteiger partial charge on any atom is 0.296 e. The molecule has 2 aliphatic rings. The smallest absolute Gasteiger partial charge is 0.268 e. The molecule has 0 atom stereocenters. The van der Waals surface area contributed by atoms with Crippen molar-refractivity contribution in [1.29, 1.82) is 0 Å². The van der Waals surface area contributed by atoms with E-state index < -0.39 is 10.1 Å². The van der Waals surface area contributed by atoms with Crippen molar-refractivity contribution < 1.29 is 12.6 Å². The van der Waals surface area contributed by atoms with Crippen molar-refractivity contribution in [2.75, 3.05) is 6.61 Å². The summed E-state index contributed by atoms with van der Waals surface area (Å²) in [7, 11) is -3.66. The van der Waals surface area contributed by atoms with E-state index in [0.29, 0.717) is 12.0 Å². The second-order valence-corrected chi connectivity index (χ2v) is 9.94. The van der Waals surface area contributed by atoms with E-state index in [2.05, 4.69) is 33.5 Å². The highest BCUT2D eigenvalue weighted by Crippen LogP contribution is 2.43. The number of rotatable bonds is 6. The van der Waals surface area contributed by atoms with Gasteiger partial charge in [-0.25, -0.2) is 0 Å². The number of benzene rings is 1. The number of hydrogen-bond donors (Lipinski definition) is 0. The van der Waals surface area contributed by atoms with Crippen molar-refractivity contribution in [1.82, 2.24) is 9.78 Å². The molecular formula is C18H21IN2O3S. The SMILES string of the molecule is Cc1ccc(S(=O)(=O)OC[C@H]2C[C@H](n3cc(I)c(C4CC4)n3)C2)cc1. The molecule has 2 fully saturated rings. The Kier molecular flexibility index (Phi) is 4.66. The van der Waals surface area contributed by atoms with Gasteiger partial charge in [0.15, 0.2) is 0 Å². The zero-order valence-electron chi connectivity index (χ0n) is 14.1. The van der Waals surface area contributed by atoms with Gasteiger partial charge in [0.2, 0.25) is 0 Å². The zero-order chi connectivity index (χ0) is 17.6. The van der Waals surface area contributed by atoms with Gasteiger partial charge in [-0.1, -0.05) is 17.7 Å². The molecule has 0 aliphatic heterocycles. The maximum atomic E-state index is 12.2. The van der Waals surface area contributed by atoms with Gasteiger partial charge in [0.05, 0.1) is 26.8 Å². The van der Waals surface area contributed by atoms with Crippen LogP contribution in [0.1, 0.15) is 48.9 Å². The van der Waals surface area contributed by atoms with E-state index >= 15 is 0 Å². The molecule has 1 aromatic heterocycles. The number of nitrogens with zero attached hydrogens (tertiary/aromatic N) is 2. The van der Waals surface area contributed by atoms with Crippen LogP contribution in [-0.4, -0.2) is 24.8 Å². The predicted molar refractivity (Wildman–Crippen MR) is 103 cm³/mol. The van der Waals surface area contributed by atoms with E-state index in [1.165, 1.54) is 22.1 Å². The fraction of sp³-hybridized carbons (Fsp3) is 0.500. The van der Waals surface area contributed by atoms with Crippen molar-refractivity contribution in [3.63, 3.8) is 0 Å². The van der Waals surface area contributed by atoms with Gasteiger partial charge in [-0.3, -0.25) is 8.86 Å². The van der Waals surface area contributed by atoms with Gasteiger partial charge in [0, 0.05) is 12.1 Å². The molecule has 0 saturated heterocycles. The molecule has 0 bridgehead atoms. The molecule has 0 radical (unpaired) electrons. The Morgan fingerprint density at radius 2 is 1.92 bits per heavy atom. The second kappa shape index (κ2) is 6.66. The predicted octanol–water partition coefficient (Wildman–Crippen LogP) is 4.03. The lowest BCUT2D eigenvalue weighted by Crippen LogP contribution is -2.31. The van der Waals surface area contributed by atoms with Crippen LogP contribution in [0.25, 0.3) is 0 Å². The van der Waals surface area contributed by atoms with Gasteiger partial charge in [-0.15, -0.1) is 0 Å². The lowest BCUT2D eigenvalue weighted by atomic mass is 9.81. The van der Waals surface area contributed by atoms with Crippen molar-refractivity contribution >= 4 is 32.7 Å². The zero-order valence-corrected chi connectivity index (χ0v) is 17.0. The fourth-order valence-electron chi connectivity index (χ4n) is 3.22. The maximum absolute atomic E-state index is 12.2. The summed E-state index contributed by atoms with van der Waals surface area (Å²) in [5.74, 6) is 0.934. The highest BCUT2D eigenvalue weighted by molar-refractivity contribution is 14.1. The van der Waals surface area contributed by atoms with Crippen LogP contribution < -0.4 is 0 Å². The van der Waals surface area contributed by atoms with E-state index in [9.17, 15) is 8.42 Å². The minimum absolute atomic E-state index is 0.227. The highest BCUT2D eigenvalue weighted by atomic mass is 127. The third-order valence-corrected chi connectivity index (χ3v) is 7.16. The molecule has 0 unspecified atom stereocenters. The average Bonchev–Trinajstić information content (AvgIpc) is 3.29. The van der Waals surface area contributed by atoms with Gasteiger partial charge in [0.1, 0.15) is 0 Å². The Bertz CT molecular complexity index is 866. The van der Waals surface area contributed by atoms with E-state index in [1.807, 2.05) is 6.92 Å². The van der Waals surface area contributed by atoms with E-state index in [4.69, 9.17) is 9.28 Å². The Hall–Kier alpha value is -0.930. The molecular weight excluding hydrogens is 451 g/mol. The third-order valence-electron chi connectivity index (χ3n) is 5.03. The van der Waals surface area contributed by atoms with E-state index in [1.54, 1.807) is 24.3 Å². The Balaban J connectivity index is 1.31. The largest absolute Gasteiger partial charge is 0.296 e. The van der Waals surface area contributed by atoms with Crippen molar-refractivity contribution in [3.8, 4) is 0 Å². The summed E-state index contributed by atoms with van der Waals surface area (Å²) in [5, 5.41) is 4.74. The molecule has 2 aliphatic carbocycles. The van der Waals surface area contributed by atoms with Gasteiger partial charge in [0.25, 0.3) is 10.1 Å². The van der Waals surface area contributed by atoms with Crippen LogP contribution >= 0.6 is 22.6 Å². The van der Waals surface area contributed by atoms with E-state index in [-0.39, 0.29) is 17.4 Å². The van der Waals surface area contributed by atoms with Crippen molar-refractivity contribution in [2.45, 2.75) is 49.5 Å². The monoisotopic (exact) mass is 472 g/mol. The molecule has 4 rings (SSSR count). The number of halogens is 1. The molecule has 1 aromatic carbocycles. The third kappa shape index (κ3) is 3.78. The normalized spacial score (nSPS) is 23.4. The van der Waals surface area contributed by atoms with Crippen LogP contribution in [0.5, 0.6) is 0 Å². The first-order valence-corrected chi connectivity index (χ1v) is 11.1. The molecule has 2 saturated carbocycles. The first-order valence-electron chi connectivity index (χ1n) is 8.63. The minimum Gasteiger partial charge on any atom is -0.268 e. The van der Waals surface area contributed by atoms with Gasteiger partial charge in [-0.05, 0) is 73.2 Å². The minimum atomic E-state index is -3.66. The van der Waals surface area contributed by atoms with Crippen LogP contribution in [0.2, 0.25) is 0 Å². The molecule has 2 aromatic rings. The van der Waals surface area contributed by atoms with Crippen LogP contribution in [0.15, 0.2) is 35.4 Å². The summed E-state index contributed by atoms with van der Waals surface area (Å²) in [5.41, 5.74) is 2.27. The van der Waals surface area contributed by atoms with Crippen LogP contribution in [-0.2, 0) is 14.3 Å². The molecule has 7 heteroatoms. The van der Waals surface area contributed by atoms with Crippen LogP contribution in [0.4, 0.5) is 0 Å². The number of hydrogen-bond acceptors (Lipinski definition) is 4. The lowest BCUT2D eigenvalue weighted by Gasteiger charge is -2.34. The summed E-state index contributed by atoms with van der Waals surface area (Å²) in [6.45, 7) is 2.18.